The van der Waals surface area contributed by atoms with Gasteiger partial charge >= 0.3 is 5.97 Å². The average Bonchev–Trinajstić information content (AvgIpc) is 2.08. The summed E-state index contributed by atoms with van der Waals surface area (Å²) in [6.07, 6.45) is 10.1. The van der Waals surface area contributed by atoms with Crippen LogP contribution in [-0.2, 0) is 4.79 Å². The van der Waals surface area contributed by atoms with Gasteiger partial charge in [0.2, 0.25) is 0 Å². The van der Waals surface area contributed by atoms with Crippen molar-refractivity contribution in [3.05, 3.63) is 11.6 Å². The summed E-state index contributed by atoms with van der Waals surface area (Å²) in [6.45, 7) is 1.84. The van der Waals surface area contributed by atoms with Crippen molar-refractivity contribution >= 4 is 5.97 Å². The molecule has 1 aliphatic rings. The van der Waals surface area contributed by atoms with Crippen LogP contribution in [0.25, 0.3) is 0 Å². The van der Waals surface area contributed by atoms with E-state index in [0.29, 0.717) is 11.5 Å². The van der Waals surface area contributed by atoms with Gasteiger partial charge in [-0.3, -0.25) is 0 Å². The van der Waals surface area contributed by atoms with Gasteiger partial charge in [0.15, 0.2) is 0 Å². The molecule has 0 heterocycles. The van der Waals surface area contributed by atoms with E-state index in [1.165, 1.54) is 32.1 Å². The van der Waals surface area contributed by atoms with E-state index >= 15 is 0 Å². The van der Waals surface area contributed by atoms with E-state index in [4.69, 9.17) is 5.11 Å². The van der Waals surface area contributed by atoms with Crippen molar-refractivity contribution < 1.29 is 9.90 Å². The van der Waals surface area contributed by atoms with Crippen LogP contribution in [0.4, 0.5) is 0 Å². The number of carbonyl (C=O) groups is 1. The molecule has 0 unspecified atom stereocenters. The Labute approximate surface area is 86.0 Å². The monoisotopic (exact) mass is 196 g/mol. The summed E-state index contributed by atoms with van der Waals surface area (Å²) in [6, 6.07) is 0. The number of carboxylic acids is 1. The minimum absolute atomic E-state index is 0.304. The molecule has 1 fully saturated rings. The molecule has 0 radical (unpaired) electrons. The fourth-order valence-corrected chi connectivity index (χ4v) is 2.30. The van der Waals surface area contributed by atoms with Crippen molar-refractivity contribution in [3.8, 4) is 0 Å². The molecule has 0 aromatic carbocycles. The van der Waals surface area contributed by atoms with Crippen LogP contribution in [0.1, 0.15) is 51.9 Å². The van der Waals surface area contributed by atoms with E-state index in [1.54, 1.807) is 6.08 Å². The molecule has 1 N–H and O–H groups in total. The molecular formula is C12H20O2. The predicted octanol–water partition coefficient (Wildman–Crippen LogP) is 3.38. The second-order valence-corrected chi connectivity index (χ2v) is 4.09. The van der Waals surface area contributed by atoms with Gasteiger partial charge in [0, 0.05) is 5.57 Å². The highest BCUT2D eigenvalue weighted by molar-refractivity contribution is 5.87. The lowest BCUT2D eigenvalue weighted by Gasteiger charge is -2.19. The number of aliphatic carboxylic acids is 1. The maximum absolute atomic E-state index is 11.0. The highest BCUT2D eigenvalue weighted by Crippen LogP contribution is 2.27. The fraction of sp³-hybridized carbons (Fsp3) is 0.750. The maximum atomic E-state index is 11.0. The molecular weight excluding hydrogens is 176 g/mol. The van der Waals surface area contributed by atoms with Gasteiger partial charge in [-0.05, 0) is 25.7 Å². The summed E-state index contributed by atoms with van der Waals surface area (Å²) in [5, 5.41) is 9.02. The van der Waals surface area contributed by atoms with Crippen LogP contribution in [0.3, 0.4) is 0 Å². The lowest BCUT2D eigenvalue weighted by atomic mass is 9.85. The third-order valence-electron chi connectivity index (χ3n) is 3.10. The van der Waals surface area contributed by atoms with Crippen LogP contribution in [0.5, 0.6) is 0 Å². The number of rotatable bonds is 2. The molecule has 0 saturated heterocycles. The summed E-state index contributed by atoms with van der Waals surface area (Å²) in [5.41, 5.74) is 0.631. The molecule has 1 rings (SSSR count). The fourth-order valence-electron chi connectivity index (χ4n) is 2.30. The highest BCUT2D eigenvalue weighted by Gasteiger charge is 2.19. The topological polar surface area (TPSA) is 37.3 Å². The summed E-state index contributed by atoms with van der Waals surface area (Å²) in [4.78, 5) is 11.0. The number of carboxylic acid groups (broad SMARTS) is 1. The molecule has 14 heavy (non-hydrogen) atoms. The Balaban J connectivity index is 2.58. The van der Waals surface area contributed by atoms with Gasteiger partial charge in [0.1, 0.15) is 0 Å². The van der Waals surface area contributed by atoms with Gasteiger partial charge in [-0.15, -0.1) is 0 Å². The zero-order chi connectivity index (χ0) is 10.4. The Morgan fingerprint density at radius 3 is 2.07 bits per heavy atom. The molecule has 0 aliphatic heterocycles. The minimum atomic E-state index is -0.724. The van der Waals surface area contributed by atoms with Crippen molar-refractivity contribution in [1.82, 2.24) is 0 Å². The number of hydrogen-bond donors (Lipinski definition) is 1. The summed E-state index contributed by atoms with van der Waals surface area (Å²) < 4.78 is 0. The largest absolute Gasteiger partial charge is 0.478 e. The highest BCUT2D eigenvalue weighted by atomic mass is 16.4. The summed E-state index contributed by atoms with van der Waals surface area (Å²) in [7, 11) is 0. The number of hydrogen-bond acceptors (Lipinski definition) is 1. The maximum Gasteiger partial charge on any atom is 0.331 e. The van der Waals surface area contributed by atoms with E-state index in [0.717, 1.165) is 12.8 Å². The van der Waals surface area contributed by atoms with Crippen LogP contribution in [-0.4, -0.2) is 11.1 Å². The molecule has 2 heteroatoms. The van der Waals surface area contributed by atoms with E-state index in [9.17, 15) is 4.79 Å². The quantitative estimate of drug-likeness (QED) is 0.687. The van der Waals surface area contributed by atoms with Crippen molar-refractivity contribution in [3.63, 3.8) is 0 Å². The van der Waals surface area contributed by atoms with Crippen LogP contribution >= 0.6 is 0 Å². The zero-order valence-electron chi connectivity index (χ0n) is 8.96. The first kappa shape index (κ1) is 11.3. The standard InChI is InChI=1S/C12H20O2/c1-2-11(12(13)14)10-8-6-4-3-5-7-9-10/h2,10H,3-9H2,1H3,(H,13,14)/b11-2+. The van der Waals surface area contributed by atoms with Gasteiger partial charge in [0.05, 0.1) is 0 Å². The van der Waals surface area contributed by atoms with Crippen molar-refractivity contribution in [2.75, 3.05) is 0 Å². The van der Waals surface area contributed by atoms with Gasteiger partial charge in [-0.2, -0.15) is 0 Å². The smallest absolute Gasteiger partial charge is 0.331 e. The van der Waals surface area contributed by atoms with Crippen molar-refractivity contribution in [1.29, 1.82) is 0 Å². The average molecular weight is 196 g/mol. The Kier molecular flexibility index (Phi) is 4.71. The Hall–Kier alpha value is -0.790. The summed E-state index contributed by atoms with van der Waals surface area (Å²) >= 11 is 0. The lowest BCUT2D eigenvalue weighted by molar-refractivity contribution is -0.133. The first-order chi connectivity index (χ1) is 6.75. The van der Waals surface area contributed by atoms with E-state index in [-0.39, 0.29) is 0 Å². The zero-order valence-corrected chi connectivity index (χ0v) is 8.96. The molecule has 1 saturated carbocycles. The molecule has 80 valence electrons. The minimum Gasteiger partial charge on any atom is -0.478 e. The second-order valence-electron chi connectivity index (χ2n) is 4.09. The molecule has 0 amide bonds. The molecule has 0 aromatic heterocycles. The van der Waals surface area contributed by atoms with Crippen molar-refractivity contribution in [2.24, 2.45) is 5.92 Å². The Morgan fingerprint density at radius 1 is 1.14 bits per heavy atom. The van der Waals surface area contributed by atoms with Crippen LogP contribution < -0.4 is 0 Å². The number of allylic oxidation sites excluding steroid dienone is 1. The van der Waals surface area contributed by atoms with E-state index < -0.39 is 5.97 Å². The first-order valence-corrected chi connectivity index (χ1v) is 5.65. The van der Waals surface area contributed by atoms with Crippen molar-refractivity contribution in [2.45, 2.75) is 51.9 Å². The molecule has 1 aliphatic carbocycles. The Morgan fingerprint density at radius 2 is 1.64 bits per heavy atom. The molecule has 0 spiro atoms. The first-order valence-electron chi connectivity index (χ1n) is 5.65. The second kappa shape index (κ2) is 5.84. The van der Waals surface area contributed by atoms with Gasteiger partial charge < -0.3 is 5.11 Å². The van der Waals surface area contributed by atoms with Crippen LogP contribution in [0.2, 0.25) is 0 Å². The van der Waals surface area contributed by atoms with Gasteiger partial charge in [-0.1, -0.05) is 38.2 Å². The predicted molar refractivity (Wildman–Crippen MR) is 57.2 cm³/mol. The molecule has 2 nitrogen and oxygen atoms in total. The summed E-state index contributed by atoms with van der Waals surface area (Å²) in [5.74, 6) is -0.420. The van der Waals surface area contributed by atoms with Gasteiger partial charge in [-0.25, -0.2) is 4.79 Å². The molecule has 0 atom stereocenters. The lowest BCUT2D eigenvalue weighted by Crippen LogP contribution is -2.14. The molecule has 0 aromatic rings. The van der Waals surface area contributed by atoms with E-state index in [2.05, 4.69) is 0 Å². The third-order valence-corrected chi connectivity index (χ3v) is 3.10. The Bertz CT molecular complexity index is 210. The van der Waals surface area contributed by atoms with E-state index in [1.807, 2.05) is 6.92 Å². The SMILES string of the molecule is C/C=C(/C(=O)O)C1CCCCCCC1. The van der Waals surface area contributed by atoms with Crippen LogP contribution in [0, 0.1) is 5.92 Å². The third kappa shape index (κ3) is 3.17. The van der Waals surface area contributed by atoms with Gasteiger partial charge in [0.25, 0.3) is 0 Å². The van der Waals surface area contributed by atoms with Crippen LogP contribution in [0.15, 0.2) is 11.6 Å². The normalized spacial score (nSPS) is 21.4. The molecule has 0 bridgehead atoms.